The van der Waals surface area contributed by atoms with E-state index in [0.717, 1.165) is 21.7 Å². The van der Waals surface area contributed by atoms with Crippen molar-refractivity contribution in [3.05, 3.63) is 72.5 Å². The Bertz CT molecular complexity index is 1280. The molecule has 0 bridgehead atoms. The Hall–Kier alpha value is -3.16. The number of fused-ring (bicyclic) bond motifs is 3. The van der Waals surface area contributed by atoms with Gasteiger partial charge in [0.05, 0.1) is 17.6 Å². The van der Waals surface area contributed by atoms with Crippen LogP contribution in [0.1, 0.15) is 5.56 Å². The van der Waals surface area contributed by atoms with E-state index in [2.05, 4.69) is 5.32 Å². The Balaban J connectivity index is 1.63. The van der Waals surface area contributed by atoms with E-state index in [1.165, 1.54) is 18.2 Å². The molecular formula is C20H16N2O4S. The summed E-state index contributed by atoms with van der Waals surface area (Å²) in [6.45, 7) is 0. The van der Waals surface area contributed by atoms with E-state index in [0.29, 0.717) is 11.3 Å². The second-order valence-corrected chi connectivity index (χ2v) is 7.78. The van der Waals surface area contributed by atoms with Crippen LogP contribution in [0.2, 0.25) is 0 Å². The molecule has 0 saturated carbocycles. The molecule has 0 aliphatic carbocycles. The smallest absolute Gasteiger partial charge is 0.238 e. The van der Waals surface area contributed by atoms with Crippen LogP contribution in [0.4, 0.5) is 5.69 Å². The second kappa shape index (κ2) is 6.53. The van der Waals surface area contributed by atoms with E-state index in [4.69, 9.17) is 9.56 Å². The lowest BCUT2D eigenvalue weighted by Crippen LogP contribution is -2.16. The Kier molecular flexibility index (Phi) is 4.18. The first-order valence-corrected chi connectivity index (χ1v) is 9.77. The summed E-state index contributed by atoms with van der Waals surface area (Å²) in [7, 11) is -3.83. The highest BCUT2D eigenvalue weighted by molar-refractivity contribution is 7.89. The van der Waals surface area contributed by atoms with Gasteiger partial charge in [0, 0.05) is 16.6 Å². The molecule has 0 aliphatic rings. The molecule has 1 heterocycles. The third-order valence-corrected chi connectivity index (χ3v) is 5.25. The van der Waals surface area contributed by atoms with Crippen LogP contribution in [-0.4, -0.2) is 14.3 Å². The number of nitrogens with two attached hydrogens (primary N) is 1. The number of carbonyl (C=O) groups is 1. The number of nitrogens with one attached hydrogen (secondary N) is 1. The van der Waals surface area contributed by atoms with Crippen molar-refractivity contribution in [1.82, 2.24) is 0 Å². The summed E-state index contributed by atoms with van der Waals surface area (Å²) < 4.78 is 28.5. The number of carbonyl (C=O) groups excluding carboxylic acids is 1. The fraction of sp³-hybridized carbons (Fsp3) is 0.0500. The van der Waals surface area contributed by atoms with Crippen LogP contribution in [0.15, 0.2) is 76.2 Å². The minimum atomic E-state index is -3.83. The maximum atomic E-state index is 12.5. The van der Waals surface area contributed by atoms with E-state index < -0.39 is 10.0 Å². The van der Waals surface area contributed by atoms with Crippen molar-refractivity contribution in [1.29, 1.82) is 0 Å². The summed E-state index contributed by atoms with van der Waals surface area (Å²) in [6, 6.07) is 17.6. The van der Waals surface area contributed by atoms with Gasteiger partial charge < -0.3 is 9.73 Å². The van der Waals surface area contributed by atoms with Crippen LogP contribution in [0, 0.1) is 0 Å². The number of hydrogen-bond donors (Lipinski definition) is 2. The molecule has 1 aromatic heterocycles. The summed E-state index contributed by atoms with van der Waals surface area (Å²) in [6.07, 6.45) is 1.68. The molecule has 0 aliphatic heterocycles. The van der Waals surface area contributed by atoms with Gasteiger partial charge in [0.25, 0.3) is 0 Å². The first-order chi connectivity index (χ1) is 12.9. The highest BCUT2D eigenvalue weighted by atomic mass is 32.2. The Morgan fingerprint density at radius 3 is 2.67 bits per heavy atom. The van der Waals surface area contributed by atoms with Gasteiger partial charge in [-0.2, -0.15) is 0 Å². The Morgan fingerprint density at radius 1 is 1.04 bits per heavy atom. The molecule has 3 N–H and O–H groups in total. The normalized spacial score (nSPS) is 11.7. The molecular weight excluding hydrogens is 364 g/mol. The fourth-order valence-electron chi connectivity index (χ4n) is 3.13. The Morgan fingerprint density at radius 2 is 1.85 bits per heavy atom. The van der Waals surface area contributed by atoms with Crippen molar-refractivity contribution in [3.8, 4) is 0 Å². The summed E-state index contributed by atoms with van der Waals surface area (Å²) in [5.41, 5.74) is 1.85. The molecule has 0 atom stereocenters. The number of anilines is 1. The van der Waals surface area contributed by atoms with Crippen molar-refractivity contribution in [2.75, 3.05) is 5.32 Å². The molecule has 4 aromatic rings. The van der Waals surface area contributed by atoms with Crippen LogP contribution < -0.4 is 10.5 Å². The average Bonchev–Trinajstić information content (AvgIpc) is 3.04. The molecule has 136 valence electrons. The molecule has 0 radical (unpaired) electrons. The number of sulfonamides is 1. The number of hydrogen-bond acceptors (Lipinski definition) is 4. The van der Waals surface area contributed by atoms with Gasteiger partial charge in [-0.3, -0.25) is 4.79 Å². The number of rotatable bonds is 4. The highest BCUT2D eigenvalue weighted by Crippen LogP contribution is 2.30. The van der Waals surface area contributed by atoms with Gasteiger partial charge in [-0.1, -0.05) is 36.4 Å². The van der Waals surface area contributed by atoms with E-state index in [1.807, 2.05) is 36.4 Å². The van der Waals surface area contributed by atoms with Crippen molar-refractivity contribution >= 4 is 43.4 Å². The third kappa shape index (κ3) is 3.42. The molecule has 0 unspecified atom stereocenters. The minimum Gasteiger partial charge on any atom is -0.464 e. The van der Waals surface area contributed by atoms with Crippen molar-refractivity contribution in [2.45, 2.75) is 11.3 Å². The van der Waals surface area contributed by atoms with E-state index >= 15 is 0 Å². The largest absolute Gasteiger partial charge is 0.464 e. The monoisotopic (exact) mass is 380 g/mol. The lowest BCUT2D eigenvalue weighted by Gasteiger charge is -2.07. The topological polar surface area (TPSA) is 102 Å². The zero-order valence-corrected chi connectivity index (χ0v) is 15.0. The average molecular weight is 380 g/mol. The molecule has 4 rings (SSSR count). The van der Waals surface area contributed by atoms with Gasteiger partial charge in [-0.15, -0.1) is 0 Å². The lowest BCUT2D eigenvalue weighted by molar-refractivity contribution is -0.115. The van der Waals surface area contributed by atoms with Crippen LogP contribution in [0.25, 0.3) is 21.7 Å². The van der Waals surface area contributed by atoms with Gasteiger partial charge in [-0.25, -0.2) is 13.6 Å². The van der Waals surface area contributed by atoms with Crippen LogP contribution >= 0.6 is 0 Å². The Labute approximate surface area is 155 Å². The first kappa shape index (κ1) is 17.3. The van der Waals surface area contributed by atoms with E-state index in [9.17, 15) is 13.2 Å². The standard InChI is InChI=1S/C20H16N2O4S/c21-27(24,25)16-6-3-5-15(11-16)22-19(23)10-14-12-26-18-9-8-13-4-1-2-7-17(13)20(14)18/h1-9,11-12H,10H2,(H,22,23)(H2,21,24,25). The van der Waals surface area contributed by atoms with Gasteiger partial charge in [-0.05, 0) is 35.0 Å². The first-order valence-electron chi connectivity index (χ1n) is 8.22. The lowest BCUT2D eigenvalue weighted by atomic mass is 10.0. The SMILES string of the molecule is NS(=O)(=O)c1cccc(NC(=O)Cc2coc3ccc4ccccc4c23)c1. The maximum absolute atomic E-state index is 12.5. The van der Waals surface area contributed by atoms with Gasteiger partial charge in [0.1, 0.15) is 5.58 Å². The third-order valence-electron chi connectivity index (χ3n) is 4.34. The van der Waals surface area contributed by atoms with E-state index in [-0.39, 0.29) is 17.2 Å². The summed E-state index contributed by atoms with van der Waals surface area (Å²) in [5, 5.41) is 10.8. The van der Waals surface area contributed by atoms with Gasteiger partial charge >= 0.3 is 0 Å². The fourth-order valence-corrected chi connectivity index (χ4v) is 3.69. The van der Waals surface area contributed by atoms with Crippen LogP contribution in [0.5, 0.6) is 0 Å². The molecule has 0 spiro atoms. The number of furan rings is 1. The van der Waals surface area contributed by atoms with Crippen LogP contribution in [0.3, 0.4) is 0 Å². The van der Waals surface area contributed by atoms with Crippen molar-refractivity contribution in [3.63, 3.8) is 0 Å². The molecule has 27 heavy (non-hydrogen) atoms. The zero-order valence-electron chi connectivity index (χ0n) is 14.2. The van der Waals surface area contributed by atoms with Gasteiger partial charge in [0.2, 0.25) is 15.9 Å². The molecule has 0 fully saturated rings. The van der Waals surface area contributed by atoms with E-state index in [1.54, 1.807) is 12.3 Å². The molecule has 0 saturated heterocycles. The summed E-state index contributed by atoms with van der Waals surface area (Å²) >= 11 is 0. The molecule has 1 amide bonds. The van der Waals surface area contributed by atoms with Crippen molar-refractivity contribution in [2.24, 2.45) is 5.14 Å². The highest BCUT2D eigenvalue weighted by Gasteiger charge is 2.14. The second-order valence-electron chi connectivity index (χ2n) is 6.22. The maximum Gasteiger partial charge on any atom is 0.238 e. The molecule has 7 heteroatoms. The van der Waals surface area contributed by atoms with Crippen molar-refractivity contribution < 1.29 is 17.6 Å². The predicted molar refractivity (Wildman–Crippen MR) is 104 cm³/mol. The predicted octanol–water partition coefficient (Wildman–Crippen LogP) is 3.41. The quantitative estimate of drug-likeness (QED) is 0.566. The number of primary sulfonamides is 1. The summed E-state index contributed by atoms with van der Waals surface area (Å²) in [4.78, 5) is 12.4. The molecule has 6 nitrogen and oxygen atoms in total. The molecule has 3 aromatic carbocycles. The summed E-state index contributed by atoms with van der Waals surface area (Å²) in [5.74, 6) is -0.280. The number of amides is 1. The zero-order chi connectivity index (χ0) is 19.0. The van der Waals surface area contributed by atoms with Gasteiger partial charge in [0.15, 0.2) is 0 Å². The van der Waals surface area contributed by atoms with Crippen LogP contribution in [-0.2, 0) is 21.2 Å². The number of benzene rings is 3. The minimum absolute atomic E-state index is 0.0555.